The molecule has 7 heteroatoms. The van der Waals surface area contributed by atoms with Gasteiger partial charge >= 0.3 is 12.6 Å². The second-order valence-electron chi connectivity index (χ2n) is 3.02. The van der Waals surface area contributed by atoms with Crippen LogP contribution in [0.3, 0.4) is 0 Å². The van der Waals surface area contributed by atoms with Crippen LogP contribution in [0.15, 0.2) is 16.6 Å². The molecule has 0 radical (unpaired) electrons. The summed E-state index contributed by atoms with van der Waals surface area (Å²) in [5.74, 6) is -1.75. The summed E-state index contributed by atoms with van der Waals surface area (Å²) in [6.07, 6.45) is -0.222. The second kappa shape index (κ2) is 5.90. The average Bonchev–Trinajstić information content (AvgIpc) is 2.24. The van der Waals surface area contributed by atoms with Crippen LogP contribution in [-0.2, 0) is 16.0 Å². The summed E-state index contributed by atoms with van der Waals surface area (Å²) >= 11 is 2.78. The van der Waals surface area contributed by atoms with Gasteiger partial charge in [-0.05, 0) is 33.6 Å². The molecule has 0 aliphatic rings. The van der Waals surface area contributed by atoms with Crippen LogP contribution in [0.2, 0.25) is 0 Å². The molecule has 0 amide bonds. The zero-order valence-corrected chi connectivity index (χ0v) is 10.3. The maximum Gasteiger partial charge on any atom is 0.387 e. The summed E-state index contributed by atoms with van der Waals surface area (Å²) in [6, 6.07) is 2.19. The van der Waals surface area contributed by atoms with Crippen LogP contribution in [0.25, 0.3) is 0 Å². The van der Waals surface area contributed by atoms with E-state index in [1.165, 1.54) is 7.11 Å². The Kier molecular flexibility index (Phi) is 4.80. The van der Waals surface area contributed by atoms with Crippen LogP contribution in [0, 0.1) is 5.82 Å². The highest BCUT2D eigenvalue weighted by Crippen LogP contribution is 2.30. The van der Waals surface area contributed by atoms with Crippen molar-refractivity contribution in [2.45, 2.75) is 13.0 Å². The van der Waals surface area contributed by atoms with E-state index in [-0.39, 0.29) is 22.2 Å². The Morgan fingerprint density at radius 3 is 2.65 bits per heavy atom. The van der Waals surface area contributed by atoms with Crippen LogP contribution in [0.5, 0.6) is 5.75 Å². The maximum atomic E-state index is 13.3. The first kappa shape index (κ1) is 13.8. The number of hydrogen-bond donors (Lipinski definition) is 0. The predicted molar refractivity (Wildman–Crippen MR) is 56.5 cm³/mol. The Morgan fingerprint density at radius 1 is 1.47 bits per heavy atom. The highest BCUT2D eigenvalue weighted by atomic mass is 79.9. The average molecular weight is 313 g/mol. The number of carbonyl (C=O) groups excluding carboxylic acids is 1. The van der Waals surface area contributed by atoms with E-state index in [1.807, 2.05) is 0 Å². The third-order valence-corrected chi connectivity index (χ3v) is 2.62. The molecule has 0 saturated heterocycles. The quantitative estimate of drug-likeness (QED) is 0.802. The van der Waals surface area contributed by atoms with Crippen molar-refractivity contribution in [3.05, 3.63) is 28.0 Å². The Balaban J connectivity index is 3.01. The van der Waals surface area contributed by atoms with E-state index in [2.05, 4.69) is 25.4 Å². The van der Waals surface area contributed by atoms with Gasteiger partial charge in [-0.3, -0.25) is 4.79 Å². The molecule has 0 heterocycles. The summed E-state index contributed by atoms with van der Waals surface area (Å²) in [7, 11) is 1.17. The highest BCUT2D eigenvalue weighted by molar-refractivity contribution is 9.10. The minimum Gasteiger partial charge on any atom is -0.469 e. The first-order chi connectivity index (χ1) is 7.93. The molecular weight excluding hydrogens is 305 g/mol. The van der Waals surface area contributed by atoms with Gasteiger partial charge in [-0.1, -0.05) is 0 Å². The van der Waals surface area contributed by atoms with E-state index in [0.29, 0.717) is 0 Å². The molecule has 1 aromatic rings. The van der Waals surface area contributed by atoms with Gasteiger partial charge in [0.05, 0.1) is 18.0 Å². The van der Waals surface area contributed by atoms with E-state index in [9.17, 15) is 18.0 Å². The molecule has 0 atom stereocenters. The van der Waals surface area contributed by atoms with E-state index >= 15 is 0 Å². The molecule has 0 unspecified atom stereocenters. The molecule has 17 heavy (non-hydrogen) atoms. The van der Waals surface area contributed by atoms with Crippen molar-refractivity contribution in [2.75, 3.05) is 7.11 Å². The summed E-state index contributed by atoms with van der Waals surface area (Å²) < 4.78 is 45.7. The number of ether oxygens (including phenoxy) is 2. The van der Waals surface area contributed by atoms with E-state index in [4.69, 9.17) is 0 Å². The summed E-state index contributed by atoms with van der Waals surface area (Å²) in [5, 5.41) is 0. The normalized spacial score (nSPS) is 10.5. The number of halogens is 4. The second-order valence-corrected chi connectivity index (χ2v) is 3.81. The van der Waals surface area contributed by atoms with Gasteiger partial charge in [0.1, 0.15) is 11.6 Å². The zero-order valence-electron chi connectivity index (χ0n) is 8.68. The lowest BCUT2D eigenvalue weighted by Crippen LogP contribution is -2.07. The van der Waals surface area contributed by atoms with Crippen molar-refractivity contribution in [2.24, 2.45) is 0 Å². The molecule has 1 aromatic carbocycles. The molecule has 0 aliphatic heterocycles. The fourth-order valence-corrected chi connectivity index (χ4v) is 1.46. The molecule has 1 rings (SSSR count). The van der Waals surface area contributed by atoms with Gasteiger partial charge in [-0.15, -0.1) is 0 Å². The van der Waals surface area contributed by atoms with E-state index in [1.54, 1.807) is 0 Å². The lowest BCUT2D eigenvalue weighted by Gasteiger charge is -2.09. The van der Waals surface area contributed by atoms with Gasteiger partial charge in [0.15, 0.2) is 0 Å². The third-order valence-electron chi connectivity index (χ3n) is 1.85. The number of alkyl halides is 2. The fraction of sp³-hybridized carbons (Fsp3) is 0.300. The fourth-order valence-electron chi connectivity index (χ4n) is 1.14. The van der Waals surface area contributed by atoms with Gasteiger partial charge in [-0.25, -0.2) is 4.39 Å². The number of carbonyl (C=O) groups is 1. The van der Waals surface area contributed by atoms with E-state index < -0.39 is 18.4 Å². The Hall–Kier alpha value is -1.24. The van der Waals surface area contributed by atoms with Crippen molar-refractivity contribution < 1.29 is 27.4 Å². The lowest BCUT2D eigenvalue weighted by molar-refractivity contribution is -0.139. The minimum absolute atomic E-state index is 0.188. The first-order valence-electron chi connectivity index (χ1n) is 4.43. The number of rotatable bonds is 4. The van der Waals surface area contributed by atoms with Gasteiger partial charge < -0.3 is 9.47 Å². The Labute approximate surface area is 104 Å². The molecule has 0 aromatic heterocycles. The lowest BCUT2D eigenvalue weighted by atomic mass is 10.1. The topological polar surface area (TPSA) is 35.5 Å². The van der Waals surface area contributed by atoms with Crippen molar-refractivity contribution in [3.63, 3.8) is 0 Å². The van der Waals surface area contributed by atoms with Crippen LogP contribution in [0.4, 0.5) is 13.2 Å². The molecule has 0 bridgehead atoms. The molecule has 0 aliphatic carbocycles. The Morgan fingerprint density at radius 2 is 2.12 bits per heavy atom. The summed E-state index contributed by atoms with van der Waals surface area (Å²) in [4.78, 5) is 11.0. The largest absolute Gasteiger partial charge is 0.469 e. The van der Waals surface area contributed by atoms with Crippen LogP contribution in [-0.4, -0.2) is 19.7 Å². The van der Waals surface area contributed by atoms with Gasteiger partial charge in [0.25, 0.3) is 0 Å². The van der Waals surface area contributed by atoms with Crippen LogP contribution in [0.1, 0.15) is 5.56 Å². The number of benzene rings is 1. The van der Waals surface area contributed by atoms with Gasteiger partial charge in [0.2, 0.25) is 0 Å². The van der Waals surface area contributed by atoms with Crippen molar-refractivity contribution >= 4 is 21.9 Å². The third kappa shape index (κ3) is 3.92. The standard InChI is InChI=1S/C10H8BrF3O3/c1-16-8(15)4-5-2-6(12)9(11)7(3-5)17-10(13)14/h2-3,10H,4H2,1H3. The molecule has 0 saturated carbocycles. The zero-order chi connectivity index (χ0) is 13.0. The summed E-state index contributed by atoms with van der Waals surface area (Å²) in [5.41, 5.74) is 0.188. The van der Waals surface area contributed by atoms with Crippen molar-refractivity contribution in [3.8, 4) is 5.75 Å². The smallest absolute Gasteiger partial charge is 0.387 e. The maximum absolute atomic E-state index is 13.3. The molecule has 0 fully saturated rings. The summed E-state index contributed by atoms with van der Waals surface area (Å²) in [6.45, 7) is -3.07. The monoisotopic (exact) mass is 312 g/mol. The van der Waals surface area contributed by atoms with Gasteiger partial charge in [-0.2, -0.15) is 8.78 Å². The number of methoxy groups -OCH3 is 1. The Bertz CT molecular complexity index is 424. The first-order valence-corrected chi connectivity index (χ1v) is 5.23. The van der Waals surface area contributed by atoms with Gasteiger partial charge in [0, 0.05) is 0 Å². The molecule has 94 valence electrons. The molecule has 3 nitrogen and oxygen atoms in total. The van der Waals surface area contributed by atoms with Crippen LogP contribution < -0.4 is 4.74 Å². The van der Waals surface area contributed by atoms with Crippen LogP contribution >= 0.6 is 15.9 Å². The highest BCUT2D eigenvalue weighted by Gasteiger charge is 2.15. The number of esters is 1. The van der Waals surface area contributed by atoms with Crippen molar-refractivity contribution in [1.29, 1.82) is 0 Å². The predicted octanol–water partition coefficient (Wildman–Crippen LogP) is 2.91. The molecule has 0 N–H and O–H groups in total. The van der Waals surface area contributed by atoms with E-state index in [0.717, 1.165) is 12.1 Å². The number of hydrogen-bond acceptors (Lipinski definition) is 3. The minimum atomic E-state index is -3.07. The SMILES string of the molecule is COC(=O)Cc1cc(F)c(Br)c(OC(F)F)c1. The molecule has 0 spiro atoms. The van der Waals surface area contributed by atoms with Crippen molar-refractivity contribution in [1.82, 2.24) is 0 Å². The molecular formula is C10H8BrF3O3.